The Morgan fingerprint density at radius 1 is 1.00 bits per heavy atom. The van der Waals surface area contributed by atoms with Gasteiger partial charge in [-0.15, -0.1) is 0 Å². The van der Waals surface area contributed by atoms with Crippen molar-refractivity contribution in [1.82, 2.24) is 4.90 Å². The number of hydrogen-bond donors (Lipinski definition) is 0. The second kappa shape index (κ2) is 5.26. The molecule has 1 heterocycles. The first-order valence-corrected chi connectivity index (χ1v) is 7.05. The van der Waals surface area contributed by atoms with E-state index < -0.39 is 23.6 Å². The Morgan fingerprint density at radius 3 is 2.09 bits per heavy atom. The summed E-state index contributed by atoms with van der Waals surface area (Å²) in [6.45, 7) is -0.319. The zero-order valence-electron chi connectivity index (χ0n) is 11.6. The molecule has 3 nitrogen and oxygen atoms in total. The van der Waals surface area contributed by atoms with E-state index in [9.17, 15) is 22.8 Å². The Labute approximate surface area is 125 Å². The summed E-state index contributed by atoms with van der Waals surface area (Å²) in [5, 5.41) is 0. The van der Waals surface area contributed by atoms with Gasteiger partial charge in [-0.2, -0.15) is 13.2 Å². The van der Waals surface area contributed by atoms with Crippen molar-refractivity contribution >= 4 is 11.8 Å². The number of hydrogen-bond acceptors (Lipinski definition) is 2. The highest BCUT2D eigenvalue weighted by Crippen LogP contribution is 2.37. The predicted molar refractivity (Wildman–Crippen MR) is 72.4 cm³/mol. The van der Waals surface area contributed by atoms with Crippen LogP contribution in [0.1, 0.15) is 24.0 Å². The highest BCUT2D eigenvalue weighted by atomic mass is 19.4. The summed E-state index contributed by atoms with van der Waals surface area (Å²) in [5.41, 5.74) is -0.855. The minimum absolute atomic E-state index is 0.0525. The van der Waals surface area contributed by atoms with Gasteiger partial charge in [-0.25, -0.2) is 0 Å². The molecule has 0 spiro atoms. The van der Waals surface area contributed by atoms with Crippen LogP contribution in [0.3, 0.4) is 0 Å². The number of halogens is 3. The van der Waals surface area contributed by atoms with Crippen molar-refractivity contribution in [3.05, 3.63) is 47.5 Å². The fraction of sp³-hybridized carbons (Fsp3) is 0.375. The van der Waals surface area contributed by atoms with Gasteiger partial charge in [0.15, 0.2) is 0 Å². The molecule has 2 atom stereocenters. The van der Waals surface area contributed by atoms with Gasteiger partial charge in [-0.05, 0) is 24.5 Å². The van der Waals surface area contributed by atoms with Crippen molar-refractivity contribution in [3.63, 3.8) is 0 Å². The summed E-state index contributed by atoms with van der Waals surface area (Å²) >= 11 is 0. The van der Waals surface area contributed by atoms with Gasteiger partial charge in [-0.1, -0.05) is 30.4 Å². The highest BCUT2D eigenvalue weighted by molar-refractivity contribution is 6.05. The van der Waals surface area contributed by atoms with E-state index in [0.29, 0.717) is 12.8 Å². The quantitative estimate of drug-likeness (QED) is 0.621. The molecule has 2 aliphatic rings. The maximum atomic E-state index is 13.0. The minimum Gasteiger partial charge on any atom is -0.278 e. The lowest BCUT2D eigenvalue weighted by molar-refractivity contribution is -0.143. The monoisotopic (exact) mass is 309 g/mol. The summed E-state index contributed by atoms with van der Waals surface area (Å²) in [6.07, 6.45) is 0.148. The Morgan fingerprint density at radius 2 is 1.55 bits per heavy atom. The minimum atomic E-state index is -4.50. The van der Waals surface area contributed by atoms with Crippen molar-refractivity contribution in [3.8, 4) is 0 Å². The van der Waals surface area contributed by atoms with Crippen molar-refractivity contribution < 1.29 is 22.8 Å². The summed E-state index contributed by atoms with van der Waals surface area (Å²) in [6, 6.07) is 5.05. The average molecular weight is 309 g/mol. The number of carbonyl (C=O) groups excluding carboxylic acids is 2. The molecule has 0 aromatic heterocycles. The van der Waals surface area contributed by atoms with Crippen LogP contribution in [-0.4, -0.2) is 16.7 Å². The van der Waals surface area contributed by atoms with Gasteiger partial charge < -0.3 is 0 Å². The van der Waals surface area contributed by atoms with Gasteiger partial charge in [0.2, 0.25) is 11.8 Å². The van der Waals surface area contributed by atoms with E-state index in [0.717, 1.165) is 11.0 Å². The summed E-state index contributed by atoms with van der Waals surface area (Å²) in [5.74, 6) is -1.57. The van der Waals surface area contributed by atoms with Crippen molar-refractivity contribution in [1.29, 1.82) is 0 Å². The van der Waals surface area contributed by atoms with Gasteiger partial charge in [0, 0.05) is 0 Å². The summed E-state index contributed by atoms with van der Waals surface area (Å²) in [4.78, 5) is 25.6. The van der Waals surface area contributed by atoms with Crippen LogP contribution >= 0.6 is 0 Å². The molecular weight excluding hydrogens is 295 g/mol. The molecule has 0 N–H and O–H groups in total. The van der Waals surface area contributed by atoms with E-state index in [2.05, 4.69) is 0 Å². The second-order valence-corrected chi connectivity index (χ2v) is 5.57. The molecule has 1 aromatic rings. The number of rotatable bonds is 2. The predicted octanol–water partition coefficient (Wildman–Crippen LogP) is 3.16. The lowest BCUT2D eigenvalue weighted by Crippen LogP contribution is -2.31. The van der Waals surface area contributed by atoms with Crippen LogP contribution in [0.2, 0.25) is 0 Å². The van der Waals surface area contributed by atoms with Crippen molar-refractivity contribution in [2.45, 2.75) is 25.6 Å². The number of alkyl halides is 3. The molecule has 6 heteroatoms. The van der Waals surface area contributed by atoms with Gasteiger partial charge in [0.25, 0.3) is 0 Å². The van der Waals surface area contributed by atoms with Crippen LogP contribution in [0.15, 0.2) is 36.4 Å². The van der Waals surface area contributed by atoms with E-state index in [1.165, 1.54) is 18.2 Å². The largest absolute Gasteiger partial charge is 0.416 e. The molecule has 1 aliphatic carbocycles. The molecule has 2 amide bonds. The SMILES string of the molecule is O=C1[C@@H]2CC=CC[C@H]2C(=O)N1Cc1ccccc1C(F)(F)F. The Bertz CT molecular complexity index is 625. The molecule has 116 valence electrons. The first-order chi connectivity index (χ1) is 10.4. The number of allylic oxidation sites excluding steroid dienone is 2. The molecule has 22 heavy (non-hydrogen) atoms. The van der Waals surface area contributed by atoms with E-state index >= 15 is 0 Å². The van der Waals surface area contributed by atoms with Crippen molar-refractivity contribution in [2.24, 2.45) is 11.8 Å². The Kier molecular flexibility index (Phi) is 3.54. The molecule has 1 fully saturated rings. The zero-order valence-corrected chi connectivity index (χ0v) is 11.6. The molecule has 0 saturated carbocycles. The lowest BCUT2D eigenvalue weighted by atomic mass is 9.85. The second-order valence-electron chi connectivity index (χ2n) is 5.57. The fourth-order valence-electron chi connectivity index (χ4n) is 3.13. The van der Waals surface area contributed by atoms with E-state index in [1.807, 2.05) is 12.2 Å². The van der Waals surface area contributed by atoms with Crippen molar-refractivity contribution in [2.75, 3.05) is 0 Å². The van der Waals surface area contributed by atoms with Gasteiger partial charge in [-0.3, -0.25) is 14.5 Å². The molecule has 0 radical (unpaired) electrons. The Balaban J connectivity index is 1.89. The zero-order chi connectivity index (χ0) is 15.9. The third-order valence-electron chi connectivity index (χ3n) is 4.25. The third kappa shape index (κ3) is 2.42. The summed E-state index contributed by atoms with van der Waals surface area (Å²) < 4.78 is 39.0. The lowest BCUT2D eigenvalue weighted by Gasteiger charge is -2.18. The third-order valence-corrected chi connectivity index (χ3v) is 4.25. The first-order valence-electron chi connectivity index (χ1n) is 7.05. The molecule has 1 aliphatic heterocycles. The van der Waals surface area contributed by atoms with E-state index in [1.54, 1.807) is 0 Å². The normalized spacial score (nSPS) is 24.8. The smallest absolute Gasteiger partial charge is 0.278 e. The number of amides is 2. The van der Waals surface area contributed by atoms with E-state index in [-0.39, 0.29) is 23.9 Å². The molecule has 0 unspecified atom stereocenters. The molecule has 0 bridgehead atoms. The number of fused-ring (bicyclic) bond motifs is 1. The molecule has 3 rings (SSSR count). The van der Waals surface area contributed by atoms with Crippen LogP contribution in [0.5, 0.6) is 0 Å². The number of likely N-dealkylation sites (tertiary alicyclic amines) is 1. The maximum Gasteiger partial charge on any atom is 0.416 e. The van der Waals surface area contributed by atoms with Crippen LogP contribution in [0, 0.1) is 11.8 Å². The van der Waals surface area contributed by atoms with Gasteiger partial charge in [0.05, 0.1) is 23.9 Å². The van der Waals surface area contributed by atoms with Crippen LogP contribution in [0.25, 0.3) is 0 Å². The van der Waals surface area contributed by atoms with Gasteiger partial charge >= 0.3 is 6.18 Å². The van der Waals surface area contributed by atoms with Crippen LogP contribution < -0.4 is 0 Å². The van der Waals surface area contributed by atoms with Crippen LogP contribution in [-0.2, 0) is 22.3 Å². The number of imide groups is 1. The molecular formula is C16H14F3NO2. The van der Waals surface area contributed by atoms with Crippen LogP contribution in [0.4, 0.5) is 13.2 Å². The first kappa shape index (κ1) is 14.8. The standard InChI is InChI=1S/C16H14F3NO2/c17-16(18,19)13-8-4-1-5-10(13)9-20-14(21)11-6-2-3-7-12(11)15(20)22/h1-5,8,11-12H,6-7,9H2/t11-,12-/m1/s1. The number of nitrogens with zero attached hydrogens (tertiary/aromatic N) is 1. The molecule has 1 saturated heterocycles. The topological polar surface area (TPSA) is 37.4 Å². The fourth-order valence-corrected chi connectivity index (χ4v) is 3.13. The number of carbonyl (C=O) groups is 2. The summed E-state index contributed by atoms with van der Waals surface area (Å²) in [7, 11) is 0. The van der Waals surface area contributed by atoms with E-state index in [4.69, 9.17) is 0 Å². The average Bonchev–Trinajstić information content (AvgIpc) is 2.72. The van der Waals surface area contributed by atoms with Gasteiger partial charge in [0.1, 0.15) is 0 Å². The maximum absolute atomic E-state index is 13.0. The molecule has 1 aromatic carbocycles. The highest BCUT2D eigenvalue weighted by Gasteiger charge is 2.47. The Hall–Kier alpha value is -2.11. The number of benzene rings is 1.